The number of carbonyl (C=O) groups excluding carboxylic acids is 1. The second-order valence-electron chi connectivity index (χ2n) is 6.80. The summed E-state index contributed by atoms with van der Waals surface area (Å²) in [4.78, 5) is 12.1. The number of ether oxygens (including phenoxy) is 3. The smallest absolute Gasteiger partial charge is 0.313 e. The molecule has 1 saturated carbocycles. The minimum atomic E-state index is -0.487. The Labute approximate surface area is 124 Å². The largest absolute Gasteiger partial charge is 0.438 e. The maximum atomic E-state index is 12.1. The molecule has 5 heteroatoms. The van der Waals surface area contributed by atoms with Crippen molar-refractivity contribution in [1.82, 2.24) is 0 Å². The van der Waals surface area contributed by atoms with Crippen molar-refractivity contribution in [3.8, 4) is 0 Å². The highest BCUT2D eigenvalue weighted by molar-refractivity contribution is 5.73. The van der Waals surface area contributed by atoms with E-state index in [4.69, 9.17) is 14.2 Å². The van der Waals surface area contributed by atoms with Gasteiger partial charge in [0, 0.05) is 13.0 Å². The molecule has 0 spiro atoms. The van der Waals surface area contributed by atoms with Gasteiger partial charge in [-0.3, -0.25) is 4.79 Å². The van der Waals surface area contributed by atoms with Gasteiger partial charge in [0.05, 0.1) is 24.7 Å². The molecule has 5 nitrogen and oxygen atoms in total. The number of carbonyl (C=O) groups is 1. The second-order valence-corrected chi connectivity index (χ2v) is 6.80. The predicted octanol–water partition coefficient (Wildman–Crippen LogP) is 0.968. The van der Waals surface area contributed by atoms with Gasteiger partial charge in [0.15, 0.2) is 6.79 Å². The van der Waals surface area contributed by atoms with Crippen molar-refractivity contribution in [3.05, 3.63) is 12.2 Å². The van der Waals surface area contributed by atoms with E-state index in [1.54, 1.807) is 0 Å². The van der Waals surface area contributed by atoms with Crippen LogP contribution in [0.5, 0.6) is 0 Å². The normalized spacial score (nSPS) is 46.9. The van der Waals surface area contributed by atoms with E-state index in [9.17, 15) is 9.90 Å². The van der Waals surface area contributed by atoms with Gasteiger partial charge in [-0.1, -0.05) is 12.2 Å². The molecule has 3 fully saturated rings. The summed E-state index contributed by atoms with van der Waals surface area (Å²) in [5.41, 5.74) is 0. The van der Waals surface area contributed by atoms with E-state index < -0.39 is 5.92 Å². The second kappa shape index (κ2) is 5.07. The van der Waals surface area contributed by atoms with Crippen molar-refractivity contribution in [3.63, 3.8) is 0 Å². The Morgan fingerprint density at radius 3 is 2.81 bits per heavy atom. The van der Waals surface area contributed by atoms with Gasteiger partial charge < -0.3 is 19.3 Å². The number of hydrogen-bond donors (Lipinski definition) is 1. The summed E-state index contributed by atoms with van der Waals surface area (Å²) in [6, 6.07) is 0. The number of fused-ring (bicyclic) bond motifs is 9. The topological polar surface area (TPSA) is 65.0 Å². The summed E-state index contributed by atoms with van der Waals surface area (Å²) < 4.78 is 16.0. The van der Waals surface area contributed by atoms with Crippen molar-refractivity contribution in [2.45, 2.75) is 25.0 Å². The summed E-state index contributed by atoms with van der Waals surface area (Å²) in [7, 11) is 1.48. The zero-order valence-corrected chi connectivity index (χ0v) is 12.2. The first-order chi connectivity index (χ1) is 10.2. The Balaban J connectivity index is 1.50. The molecule has 116 valence electrons. The quantitative estimate of drug-likeness (QED) is 0.465. The van der Waals surface area contributed by atoms with E-state index in [0.717, 1.165) is 6.42 Å². The maximum absolute atomic E-state index is 12.1. The molecule has 0 amide bonds. The Hall–Kier alpha value is -0.910. The number of rotatable bonds is 5. The van der Waals surface area contributed by atoms with E-state index >= 15 is 0 Å². The lowest BCUT2D eigenvalue weighted by atomic mass is 9.66. The first kappa shape index (κ1) is 13.7. The van der Waals surface area contributed by atoms with E-state index in [2.05, 4.69) is 12.2 Å². The molecule has 1 N–H and O–H groups in total. The van der Waals surface area contributed by atoms with Gasteiger partial charge in [0.1, 0.15) is 0 Å². The van der Waals surface area contributed by atoms with Crippen molar-refractivity contribution < 1.29 is 24.1 Å². The zero-order valence-electron chi connectivity index (χ0n) is 12.2. The Morgan fingerprint density at radius 1 is 1.33 bits per heavy atom. The van der Waals surface area contributed by atoms with Crippen LogP contribution in [-0.4, -0.2) is 43.8 Å². The number of hydrogen-bond acceptors (Lipinski definition) is 5. The number of esters is 1. The average Bonchev–Trinajstić information content (AvgIpc) is 3.23. The van der Waals surface area contributed by atoms with Crippen LogP contribution >= 0.6 is 0 Å². The van der Waals surface area contributed by atoms with Crippen LogP contribution in [0.4, 0.5) is 0 Å². The van der Waals surface area contributed by atoms with Gasteiger partial charge in [-0.05, 0) is 36.5 Å². The molecule has 0 aromatic carbocycles. The van der Waals surface area contributed by atoms with Crippen molar-refractivity contribution in [2.75, 3.05) is 20.5 Å². The van der Waals surface area contributed by atoms with E-state index in [0.29, 0.717) is 23.7 Å². The molecule has 0 aromatic heterocycles. The summed E-state index contributed by atoms with van der Waals surface area (Å²) >= 11 is 0. The molecule has 21 heavy (non-hydrogen) atoms. The molecule has 4 rings (SSSR count). The predicted molar refractivity (Wildman–Crippen MR) is 73.0 cm³/mol. The van der Waals surface area contributed by atoms with Crippen LogP contribution in [0.2, 0.25) is 0 Å². The van der Waals surface area contributed by atoms with Crippen LogP contribution in [0.1, 0.15) is 12.8 Å². The van der Waals surface area contributed by atoms with Gasteiger partial charge in [0.2, 0.25) is 0 Å². The van der Waals surface area contributed by atoms with Crippen molar-refractivity contribution >= 4 is 5.97 Å². The van der Waals surface area contributed by atoms with Crippen LogP contribution in [0.3, 0.4) is 0 Å². The molecule has 2 aliphatic heterocycles. The SMILES string of the molecule is COCOC(=O)C(CO)C1CC2OC1C1C3C=CC(C3)C21. The molecule has 2 heterocycles. The lowest BCUT2D eigenvalue weighted by Crippen LogP contribution is -2.42. The average molecular weight is 294 g/mol. The summed E-state index contributed by atoms with van der Waals surface area (Å²) in [6.07, 6.45) is 7.15. The highest BCUT2D eigenvalue weighted by Gasteiger charge is 2.63. The lowest BCUT2D eigenvalue weighted by molar-refractivity contribution is -0.164. The molecule has 4 aliphatic rings. The third-order valence-corrected chi connectivity index (χ3v) is 5.99. The van der Waals surface area contributed by atoms with Crippen LogP contribution in [0.15, 0.2) is 12.2 Å². The van der Waals surface area contributed by atoms with Gasteiger partial charge in [-0.15, -0.1) is 0 Å². The Bertz CT molecular complexity index is 462. The van der Waals surface area contributed by atoms with Crippen molar-refractivity contribution in [2.24, 2.45) is 35.5 Å². The molecule has 2 aliphatic carbocycles. The summed E-state index contributed by atoms with van der Waals surface area (Å²) in [6.45, 7) is -0.238. The van der Waals surface area contributed by atoms with E-state index in [-0.39, 0.29) is 37.5 Å². The molecule has 8 atom stereocenters. The molecule has 0 aromatic rings. The van der Waals surface area contributed by atoms with Gasteiger partial charge >= 0.3 is 5.97 Å². The number of aliphatic hydroxyl groups is 1. The maximum Gasteiger partial charge on any atom is 0.313 e. The summed E-state index contributed by atoms with van der Waals surface area (Å²) in [5.74, 6) is 1.67. The third kappa shape index (κ3) is 1.91. The first-order valence-electron chi connectivity index (χ1n) is 7.84. The first-order valence-corrected chi connectivity index (χ1v) is 7.84. The fourth-order valence-corrected chi connectivity index (χ4v) is 5.27. The van der Waals surface area contributed by atoms with Crippen LogP contribution < -0.4 is 0 Å². The highest BCUT2D eigenvalue weighted by atomic mass is 16.7. The van der Waals surface area contributed by atoms with Gasteiger partial charge in [-0.2, -0.15) is 0 Å². The summed E-state index contributed by atoms with van der Waals surface area (Å²) in [5, 5.41) is 9.65. The Morgan fingerprint density at radius 2 is 2.10 bits per heavy atom. The fraction of sp³-hybridized carbons (Fsp3) is 0.812. The fourth-order valence-electron chi connectivity index (χ4n) is 5.27. The lowest BCUT2D eigenvalue weighted by Gasteiger charge is -2.35. The van der Waals surface area contributed by atoms with Crippen LogP contribution in [-0.2, 0) is 19.0 Å². The van der Waals surface area contributed by atoms with Crippen molar-refractivity contribution in [1.29, 1.82) is 0 Å². The molecular weight excluding hydrogens is 272 g/mol. The molecule has 2 saturated heterocycles. The molecule has 4 bridgehead atoms. The highest BCUT2D eigenvalue weighted by Crippen LogP contribution is 2.62. The minimum Gasteiger partial charge on any atom is -0.438 e. The van der Waals surface area contributed by atoms with Gasteiger partial charge in [0.25, 0.3) is 0 Å². The minimum absolute atomic E-state index is 0.0590. The zero-order chi connectivity index (χ0) is 14.6. The Kier molecular flexibility index (Phi) is 3.32. The van der Waals surface area contributed by atoms with Crippen LogP contribution in [0, 0.1) is 35.5 Å². The standard InChI is InChI=1S/C16H22O5/c1-19-7-20-16(18)11(6-17)10-5-12-13-8-2-3-9(4-8)14(13)15(10)21-12/h2-3,8-15,17H,4-7H2,1H3. The van der Waals surface area contributed by atoms with E-state index in [1.807, 2.05) is 0 Å². The number of allylic oxidation sites excluding steroid dienone is 2. The van der Waals surface area contributed by atoms with Crippen LogP contribution in [0.25, 0.3) is 0 Å². The van der Waals surface area contributed by atoms with E-state index in [1.165, 1.54) is 13.5 Å². The third-order valence-electron chi connectivity index (χ3n) is 5.99. The molecule has 8 unspecified atom stereocenters. The monoisotopic (exact) mass is 294 g/mol. The molecule has 0 radical (unpaired) electrons. The molecular formula is C16H22O5. The van der Waals surface area contributed by atoms with Gasteiger partial charge in [-0.25, -0.2) is 0 Å². The number of aliphatic hydroxyl groups excluding tert-OH is 1. The number of methoxy groups -OCH3 is 1.